The number of nitrogens with zero attached hydrogens (tertiary/aromatic N) is 1. The Labute approximate surface area is 232 Å². The van der Waals surface area contributed by atoms with Gasteiger partial charge in [0, 0.05) is 45.2 Å². The number of amides is 2. The third-order valence-corrected chi connectivity index (χ3v) is 7.00. The molecule has 1 N–H and O–H groups in total. The lowest BCUT2D eigenvalue weighted by Gasteiger charge is -2.32. The minimum atomic E-state index is -0.794. The SMILES string of the molecule is CC(C)CNC(=O)C(Cc1ccccc1)N(Cc1c(Cl)cccc1Cl)C(=O)Cc1ccc(Cl)cc1Cl. The molecule has 1 atom stereocenters. The van der Waals surface area contributed by atoms with Gasteiger partial charge in [-0.25, -0.2) is 0 Å². The van der Waals surface area contributed by atoms with Gasteiger partial charge in [-0.05, 0) is 41.3 Å². The first-order chi connectivity index (χ1) is 17.2. The van der Waals surface area contributed by atoms with Crippen molar-refractivity contribution in [2.75, 3.05) is 6.54 Å². The summed E-state index contributed by atoms with van der Waals surface area (Å²) >= 11 is 25.3. The van der Waals surface area contributed by atoms with Gasteiger partial charge in [0.25, 0.3) is 0 Å². The van der Waals surface area contributed by atoms with Crippen LogP contribution in [-0.2, 0) is 29.0 Å². The summed E-state index contributed by atoms with van der Waals surface area (Å²) in [6.45, 7) is 4.58. The highest BCUT2D eigenvalue weighted by Crippen LogP contribution is 2.28. The molecule has 3 aromatic carbocycles. The van der Waals surface area contributed by atoms with E-state index in [9.17, 15) is 9.59 Å². The molecule has 8 heteroatoms. The molecule has 0 aliphatic carbocycles. The topological polar surface area (TPSA) is 49.4 Å². The van der Waals surface area contributed by atoms with E-state index in [0.29, 0.717) is 44.2 Å². The number of benzene rings is 3. The Morgan fingerprint density at radius 1 is 0.861 bits per heavy atom. The first-order valence-corrected chi connectivity index (χ1v) is 13.1. The number of rotatable bonds is 10. The molecule has 2 amide bonds. The lowest BCUT2D eigenvalue weighted by Crippen LogP contribution is -2.51. The second kappa shape index (κ2) is 13.3. The van der Waals surface area contributed by atoms with Crippen molar-refractivity contribution >= 4 is 58.2 Å². The van der Waals surface area contributed by atoms with Crippen molar-refractivity contribution in [1.29, 1.82) is 0 Å². The Balaban J connectivity index is 2.02. The van der Waals surface area contributed by atoms with E-state index >= 15 is 0 Å². The van der Waals surface area contributed by atoms with Gasteiger partial charge in [-0.15, -0.1) is 0 Å². The Kier molecular flexibility index (Phi) is 10.5. The highest BCUT2D eigenvalue weighted by Gasteiger charge is 2.31. The summed E-state index contributed by atoms with van der Waals surface area (Å²) in [7, 11) is 0. The molecule has 1 unspecified atom stereocenters. The van der Waals surface area contributed by atoms with E-state index in [1.54, 1.807) is 41.3 Å². The van der Waals surface area contributed by atoms with Gasteiger partial charge in [-0.3, -0.25) is 9.59 Å². The van der Waals surface area contributed by atoms with E-state index in [2.05, 4.69) is 5.32 Å². The maximum atomic E-state index is 13.8. The highest BCUT2D eigenvalue weighted by molar-refractivity contribution is 6.36. The largest absolute Gasteiger partial charge is 0.354 e. The zero-order valence-electron chi connectivity index (χ0n) is 20.1. The van der Waals surface area contributed by atoms with Crippen LogP contribution in [0.25, 0.3) is 0 Å². The maximum absolute atomic E-state index is 13.8. The van der Waals surface area contributed by atoms with Gasteiger partial charge in [-0.2, -0.15) is 0 Å². The van der Waals surface area contributed by atoms with Crippen molar-refractivity contribution in [3.8, 4) is 0 Å². The van der Waals surface area contributed by atoms with E-state index in [0.717, 1.165) is 5.56 Å². The molecule has 0 aliphatic heterocycles. The van der Waals surface area contributed by atoms with Crippen LogP contribution in [0, 0.1) is 5.92 Å². The monoisotopic (exact) mass is 564 g/mol. The Bertz CT molecular complexity index is 1180. The van der Waals surface area contributed by atoms with Crippen molar-refractivity contribution < 1.29 is 9.59 Å². The van der Waals surface area contributed by atoms with Crippen molar-refractivity contribution in [3.63, 3.8) is 0 Å². The van der Waals surface area contributed by atoms with Crippen LogP contribution in [0.15, 0.2) is 66.7 Å². The quantitative estimate of drug-likeness (QED) is 0.281. The smallest absolute Gasteiger partial charge is 0.243 e. The van der Waals surface area contributed by atoms with Gasteiger partial charge >= 0.3 is 0 Å². The predicted molar refractivity (Wildman–Crippen MR) is 149 cm³/mol. The van der Waals surface area contributed by atoms with E-state index in [1.165, 1.54) is 0 Å². The lowest BCUT2D eigenvalue weighted by molar-refractivity contribution is -0.140. The second-order valence-electron chi connectivity index (χ2n) is 8.98. The molecule has 0 bridgehead atoms. The second-order valence-corrected chi connectivity index (χ2v) is 10.6. The maximum Gasteiger partial charge on any atom is 0.243 e. The molecular weight excluding hydrogens is 538 g/mol. The molecule has 0 saturated heterocycles. The fourth-order valence-corrected chi connectivity index (χ4v) is 4.75. The van der Waals surface area contributed by atoms with E-state index in [1.807, 2.05) is 44.2 Å². The molecule has 0 fully saturated rings. The summed E-state index contributed by atoms with van der Waals surface area (Å²) in [5.41, 5.74) is 2.11. The van der Waals surface area contributed by atoms with Gasteiger partial charge in [0.05, 0.1) is 6.42 Å². The minimum Gasteiger partial charge on any atom is -0.354 e. The summed E-state index contributed by atoms with van der Waals surface area (Å²) in [6.07, 6.45) is 0.313. The van der Waals surface area contributed by atoms with Gasteiger partial charge < -0.3 is 10.2 Å². The van der Waals surface area contributed by atoms with Crippen molar-refractivity contribution in [2.45, 2.75) is 39.3 Å². The van der Waals surface area contributed by atoms with Crippen LogP contribution in [0.1, 0.15) is 30.5 Å². The average Bonchev–Trinajstić information content (AvgIpc) is 2.83. The van der Waals surface area contributed by atoms with E-state index < -0.39 is 6.04 Å². The lowest BCUT2D eigenvalue weighted by atomic mass is 10.0. The van der Waals surface area contributed by atoms with Crippen molar-refractivity contribution in [2.24, 2.45) is 5.92 Å². The Hall–Kier alpha value is -2.24. The number of hydrogen-bond acceptors (Lipinski definition) is 2. The molecule has 0 radical (unpaired) electrons. The summed E-state index contributed by atoms with van der Waals surface area (Å²) in [5.74, 6) is -0.275. The molecule has 3 aromatic rings. The third-order valence-electron chi connectivity index (χ3n) is 5.70. The molecule has 0 aliphatic rings. The zero-order chi connectivity index (χ0) is 26.2. The standard InChI is InChI=1S/C28H28Cl4N2O2/c1-18(2)16-33-28(36)26(13-19-7-4-3-5-8-19)34(17-22-23(30)9-6-10-24(22)31)27(35)14-20-11-12-21(29)15-25(20)32/h3-12,15,18,26H,13-14,16-17H2,1-2H3,(H,33,36). The first-order valence-electron chi connectivity index (χ1n) is 11.6. The first kappa shape index (κ1) is 28.3. The fourth-order valence-electron chi connectivity index (χ4n) is 3.76. The minimum absolute atomic E-state index is 0.0131. The molecule has 0 heterocycles. The van der Waals surface area contributed by atoms with Gasteiger partial charge in [0.2, 0.25) is 11.8 Å². The number of carbonyl (C=O) groups excluding carboxylic acids is 2. The van der Waals surface area contributed by atoms with Crippen LogP contribution >= 0.6 is 46.4 Å². The number of carbonyl (C=O) groups is 2. The highest BCUT2D eigenvalue weighted by atomic mass is 35.5. The molecule has 4 nitrogen and oxygen atoms in total. The van der Waals surface area contributed by atoms with Gasteiger partial charge in [0.15, 0.2) is 0 Å². The van der Waals surface area contributed by atoms with E-state index in [-0.39, 0.29) is 30.7 Å². The summed E-state index contributed by atoms with van der Waals surface area (Å²) in [4.78, 5) is 28.9. The Morgan fingerprint density at radius 3 is 2.14 bits per heavy atom. The summed E-state index contributed by atoms with van der Waals surface area (Å²) < 4.78 is 0. The molecular formula is C28H28Cl4N2O2. The Morgan fingerprint density at radius 2 is 1.53 bits per heavy atom. The predicted octanol–water partition coefficient (Wildman–Crippen LogP) is 7.26. The summed E-state index contributed by atoms with van der Waals surface area (Å²) in [5, 5.41) is 4.70. The van der Waals surface area contributed by atoms with E-state index in [4.69, 9.17) is 46.4 Å². The summed E-state index contributed by atoms with van der Waals surface area (Å²) in [6, 6.07) is 19.0. The molecule has 190 valence electrons. The normalized spacial score (nSPS) is 11.9. The van der Waals surface area contributed by atoms with Crippen LogP contribution in [0.2, 0.25) is 20.1 Å². The molecule has 0 saturated carbocycles. The zero-order valence-corrected chi connectivity index (χ0v) is 23.1. The molecule has 36 heavy (non-hydrogen) atoms. The van der Waals surface area contributed by atoms with Crippen molar-refractivity contribution in [3.05, 3.63) is 104 Å². The number of halogens is 4. The van der Waals surface area contributed by atoms with Crippen LogP contribution < -0.4 is 5.32 Å². The number of nitrogens with one attached hydrogen (secondary N) is 1. The third kappa shape index (κ3) is 7.88. The average molecular weight is 566 g/mol. The molecule has 0 spiro atoms. The van der Waals surface area contributed by atoms with Gasteiger partial charge in [-0.1, -0.05) is 103 Å². The van der Waals surface area contributed by atoms with Crippen LogP contribution in [0.4, 0.5) is 0 Å². The molecule has 3 rings (SSSR count). The van der Waals surface area contributed by atoms with Crippen LogP contribution in [0.5, 0.6) is 0 Å². The van der Waals surface area contributed by atoms with Crippen LogP contribution in [-0.4, -0.2) is 29.3 Å². The van der Waals surface area contributed by atoms with Gasteiger partial charge in [0.1, 0.15) is 6.04 Å². The van der Waals surface area contributed by atoms with Crippen LogP contribution in [0.3, 0.4) is 0 Å². The number of hydrogen-bond donors (Lipinski definition) is 1. The van der Waals surface area contributed by atoms with Crippen molar-refractivity contribution in [1.82, 2.24) is 10.2 Å². The fraction of sp³-hybridized carbons (Fsp3) is 0.286. The molecule has 0 aromatic heterocycles.